The first-order chi connectivity index (χ1) is 6.15. The number of nitrogens with two attached hydrogens (primary N) is 1. The molecule has 0 amide bonds. The van der Waals surface area contributed by atoms with E-state index in [0.717, 1.165) is 0 Å². The van der Waals surface area contributed by atoms with Gasteiger partial charge in [0.2, 0.25) is 0 Å². The summed E-state index contributed by atoms with van der Waals surface area (Å²) in [5, 5.41) is 19.0. The van der Waals surface area contributed by atoms with Crippen LogP contribution in [0.4, 0.5) is 0 Å². The van der Waals surface area contributed by atoms with Crippen molar-refractivity contribution in [3.8, 4) is 0 Å². The molecule has 0 aromatic carbocycles. The largest absolute Gasteiger partial charge is 0.390 e. The molecule has 0 aliphatic heterocycles. The predicted octanol–water partition coefficient (Wildman–Crippen LogP) is -0.539. The fourth-order valence-electron chi connectivity index (χ4n) is 1.13. The Kier molecular flexibility index (Phi) is 3.41. The third-order valence-corrected chi connectivity index (χ3v) is 1.87. The van der Waals surface area contributed by atoms with E-state index in [0.29, 0.717) is 24.5 Å². The zero-order valence-corrected chi connectivity index (χ0v) is 7.57. The van der Waals surface area contributed by atoms with Crippen molar-refractivity contribution in [1.82, 2.24) is 9.97 Å². The Hall–Kier alpha value is -0.910. The van der Waals surface area contributed by atoms with Crippen molar-refractivity contribution in [1.29, 1.82) is 0 Å². The Labute approximate surface area is 76.6 Å². The average Bonchev–Trinajstić information content (AvgIpc) is 2.51. The molecule has 2 unspecified atom stereocenters. The molecular formula is C8H15N3O2. The molecule has 5 N–H and O–H groups in total. The fourth-order valence-corrected chi connectivity index (χ4v) is 1.13. The van der Waals surface area contributed by atoms with Gasteiger partial charge in [0, 0.05) is 0 Å². The number of hydrogen-bond donors (Lipinski definition) is 4. The zero-order chi connectivity index (χ0) is 9.84. The summed E-state index contributed by atoms with van der Waals surface area (Å²) >= 11 is 0. The van der Waals surface area contributed by atoms with Crippen LogP contribution in [0.1, 0.15) is 24.0 Å². The van der Waals surface area contributed by atoms with Crippen molar-refractivity contribution in [2.45, 2.75) is 25.6 Å². The Balaban J connectivity index is 2.61. The van der Waals surface area contributed by atoms with Gasteiger partial charge >= 0.3 is 0 Å². The van der Waals surface area contributed by atoms with E-state index in [4.69, 9.17) is 5.73 Å². The monoisotopic (exact) mass is 185 g/mol. The second-order valence-corrected chi connectivity index (χ2v) is 3.01. The van der Waals surface area contributed by atoms with Crippen LogP contribution in [0, 0.1) is 6.92 Å². The summed E-state index contributed by atoms with van der Waals surface area (Å²) in [4.78, 5) is 6.78. The van der Waals surface area contributed by atoms with Crippen molar-refractivity contribution >= 4 is 0 Å². The summed E-state index contributed by atoms with van der Waals surface area (Å²) in [6, 6.07) is 0. The Morgan fingerprint density at radius 1 is 1.62 bits per heavy atom. The number of aromatic nitrogens is 2. The molecule has 5 nitrogen and oxygen atoms in total. The van der Waals surface area contributed by atoms with Gasteiger partial charge in [0.1, 0.15) is 11.9 Å². The Morgan fingerprint density at radius 2 is 2.31 bits per heavy atom. The van der Waals surface area contributed by atoms with Gasteiger partial charge in [-0.1, -0.05) is 0 Å². The van der Waals surface area contributed by atoms with Crippen LogP contribution in [0.5, 0.6) is 0 Å². The molecule has 74 valence electrons. The highest BCUT2D eigenvalue weighted by molar-refractivity contribution is 5.05. The standard InChI is InChI=1S/C8H15N3O2/c1-5-10-4-6(11-5)8(13)7(12)2-3-9/h4,7-8,12-13H,2-3,9H2,1H3,(H,10,11). The molecule has 1 aromatic rings. The van der Waals surface area contributed by atoms with E-state index in [9.17, 15) is 10.2 Å². The molecule has 5 heteroatoms. The van der Waals surface area contributed by atoms with Crippen molar-refractivity contribution in [3.05, 3.63) is 17.7 Å². The number of nitrogens with one attached hydrogen (secondary N) is 1. The summed E-state index contributed by atoms with van der Waals surface area (Å²) in [6.45, 7) is 2.14. The maximum Gasteiger partial charge on any atom is 0.121 e. The van der Waals surface area contributed by atoms with Crippen molar-refractivity contribution in [2.24, 2.45) is 5.73 Å². The van der Waals surface area contributed by atoms with Crippen LogP contribution < -0.4 is 5.73 Å². The molecule has 0 spiro atoms. The van der Waals surface area contributed by atoms with Gasteiger partial charge < -0.3 is 20.9 Å². The number of imidazole rings is 1. The van der Waals surface area contributed by atoms with Crippen LogP contribution in [-0.2, 0) is 0 Å². The minimum atomic E-state index is -0.926. The van der Waals surface area contributed by atoms with Crippen LogP contribution in [0.15, 0.2) is 6.20 Å². The topological polar surface area (TPSA) is 95.2 Å². The van der Waals surface area contributed by atoms with Gasteiger partial charge in [0.25, 0.3) is 0 Å². The Bertz CT molecular complexity index is 262. The second-order valence-electron chi connectivity index (χ2n) is 3.01. The molecule has 1 aromatic heterocycles. The number of hydrogen-bond acceptors (Lipinski definition) is 4. The predicted molar refractivity (Wildman–Crippen MR) is 48.0 cm³/mol. The van der Waals surface area contributed by atoms with Crippen LogP contribution in [0.3, 0.4) is 0 Å². The zero-order valence-electron chi connectivity index (χ0n) is 7.57. The number of rotatable bonds is 4. The highest BCUT2D eigenvalue weighted by Gasteiger charge is 2.18. The number of aromatic amines is 1. The minimum Gasteiger partial charge on any atom is -0.390 e. The average molecular weight is 185 g/mol. The number of aliphatic hydroxyl groups excluding tert-OH is 2. The fraction of sp³-hybridized carbons (Fsp3) is 0.625. The van der Waals surface area contributed by atoms with Gasteiger partial charge in [0.15, 0.2) is 0 Å². The lowest BCUT2D eigenvalue weighted by molar-refractivity contribution is 0.0127. The van der Waals surface area contributed by atoms with Crippen LogP contribution >= 0.6 is 0 Å². The first-order valence-electron chi connectivity index (χ1n) is 4.23. The van der Waals surface area contributed by atoms with E-state index >= 15 is 0 Å². The quantitative estimate of drug-likeness (QED) is 0.506. The minimum absolute atomic E-state index is 0.353. The van der Waals surface area contributed by atoms with E-state index in [-0.39, 0.29) is 0 Å². The van der Waals surface area contributed by atoms with Crippen LogP contribution in [0.25, 0.3) is 0 Å². The third kappa shape index (κ3) is 2.51. The van der Waals surface area contributed by atoms with Gasteiger partial charge in [-0.25, -0.2) is 4.98 Å². The smallest absolute Gasteiger partial charge is 0.121 e. The molecule has 0 aliphatic rings. The molecule has 0 radical (unpaired) electrons. The molecule has 2 atom stereocenters. The molecule has 0 aliphatic carbocycles. The third-order valence-electron chi connectivity index (χ3n) is 1.87. The summed E-state index contributed by atoms with van der Waals surface area (Å²) < 4.78 is 0. The number of aliphatic hydroxyl groups is 2. The first kappa shape index (κ1) is 10.2. The number of nitrogens with zero attached hydrogens (tertiary/aromatic N) is 1. The lowest BCUT2D eigenvalue weighted by Crippen LogP contribution is -2.22. The van der Waals surface area contributed by atoms with E-state index in [2.05, 4.69) is 9.97 Å². The van der Waals surface area contributed by atoms with Crippen LogP contribution in [0.2, 0.25) is 0 Å². The van der Waals surface area contributed by atoms with Gasteiger partial charge in [0.05, 0.1) is 18.0 Å². The highest BCUT2D eigenvalue weighted by atomic mass is 16.3. The van der Waals surface area contributed by atoms with E-state index in [1.807, 2.05) is 0 Å². The Morgan fingerprint density at radius 3 is 2.77 bits per heavy atom. The normalized spacial score (nSPS) is 15.7. The summed E-state index contributed by atoms with van der Waals surface area (Å²) in [5.41, 5.74) is 5.78. The van der Waals surface area contributed by atoms with Crippen molar-refractivity contribution in [3.63, 3.8) is 0 Å². The molecule has 0 bridgehead atoms. The van der Waals surface area contributed by atoms with Crippen LogP contribution in [-0.4, -0.2) is 32.8 Å². The van der Waals surface area contributed by atoms with E-state index < -0.39 is 12.2 Å². The summed E-state index contributed by atoms with van der Waals surface area (Å²) in [7, 11) is 0. The molecular weight excluding hydrogens is 170 g/mol. The summed E-state index contributed by atoms with van der Waals surface area (Å²) in [6.07, 6.45) is 0.133. The highest BCUT2D eigenvalue weighted by Crippen LogP contribution is 2.16. The number of H-pyrrole nitrogens is 1. The molecule has 0 saturated carbocycles. The molecule has 0 fully saturated rings. The molecule has 1 rings (SSSR count). The molecule has 13 heavy (non-hydrogen) atoms. The van der Waals surface area contributed by atoms with E-state index in [1.54, 1.807) is 6.92 Å². The maximum absolute atomic E-state index is 9.56. The van der Waals surface area contributed by atoms with Crippen molar-refractivity contribution < 1.29 is 10.2 Å². The van der Waals surface area contributed by atoms with Gasteiger partial charge in [-0.2, -0.15) is 0 Å². The lowest BCUT2D eigenvalue weighted by atomic mass is 10.1. The second kappa shape index (κ2) is 4.36. The summed E-state index contributed by atoms with van der Waals surface area (Å²) in [5.74, 6) is 0.717. The van der Waals surface area contributed by atoms with E-state index in [1.165, 1.54) is 6.20 Å². The van der Waals surface area contributed by atoms with Gasteiger partial charge in [-0.05, 0) is 19.9 Å². The molecule has 1 heterocycles. The molecule has 0 saturated heterocycles. The lowest BCUT2D eigenvalue weighted by Gasteiger charge is -2.14. The number of aryl methyl sites for hydroxylation is 1. The maximum atomic E-state index is 9.56. The van der Waals surface area contributed by atoms with Gasteiger partial charge in [-0.15, -0.1) is 0 Å². The first-order valence-corrected chi connectivity index (χ1v) is 4.23. The van der Waals surface area contributed by atoms with Gasteiger partial charge in [-0.3, -0.25) is 0 Å². The SMILES string of the molecule is Cc1ncc(C(O)C(O)CCN)[nH]1. The van der Waals surface area contributed by atoms with Crippen molar-refractivity contribution in [2.75, 3.05) is 6.54 Å².